The molecule has 0 atom stereocenters. The average Bonchev–Trinajstić information content (AvgIpc) is 3.52. The van der Waals surface area contributed by atoms with Gasteiger partial charge < -0.3 is 9.55 Å². The van der Waals surface area contributed by atoms with Gasteiger partial charge in [-0.3, -0.25) is 0 Å². The first-order chi connectivity index (χ1) is 18.8. The van der Waals surface area contributed by atoms with Gasteiger partial charge in [0.2, 0.25) is 0 Å². The molecule has 178 valence electrons. The van der Waals surface area contributed by atoms with E-state index >= 15 is 0 Å². The second-order valence-electron chi connectivity index (χ2n) is 9.93. The number of fused-ring (bicyclic) bond motifs is 6. The maximum Gasteiger partial charge on any atom is 0.0547 e. The van der Waals surface area contributed by atoms with Gasteiger partial charge in [-0.2, -0.15) is 0 Å². The van der Waals surface area contributed by atoms with Crippen molar-refractivity contribution in [1.29, 1.82) is 0 Å². The van der Waals surface area contributed by atoms with E-state index in [0.29, 0.717) is 0 Å². The van der Waals surface area contributed by atoms with Gasteiger partial charge in [-0.15, -0.1) is 0 Å². The molecule has 0 spiro atoms. The molecule has 0 aliphatic rings. The fourth-order valence-corrected chi connectivity index (χ4v) is 5.90. The van der Waals surface area contributed by atoms with Gasteiger partial charge in [0.05, 0.1) is 11.0 Å². The quantitative estimate of drug-likeness (QED) is 0.258. The van der Waals surface area contributed by atoms with E-state index in [1.54, 1.807) is 0 Å². The van der Waals surface area contributed by atoms with Gasteiger partial charge in [-0.25, -0.2) is 0 Å². The molecule has 2 aromatic heterocycles. The van der Waals surface area contributed by atoms with E-state index in [1.807, 2.05) is 0 Å². The third-order valence-electron chi connectivity index (χ3n) is 7.73. The number of aromatic nitrogens is 2. The van der Waals surface area contributed by atoms with Gasteiger partial charge >= 0.3 is 0 Å². The lowest BCUT2D eigenvalue weighted by atomic mass is 10.0. The van der Waals surface area contributed by atoms with Crippen molar-refractivity contribution in [2.24, 2.45) is 0 Å². The van der Waals surface area contributed by atoms with Crippen LogP contribution in [-0.2, 0) is 0 Å². The Morgan fingerprint density at radius 1 is 0.368 bits per heavy atom. The number of benzene rings is 6. The number of para-hydroxylation sites is 2. The Kier molecular flexibility index (Phi) is 4.55. The molecule has 0 aliphatic carbocycles. The molecule has 0 bridgehead atoms. The van der Waals surface area contributed by atoms with Crippen LogP contribution in [0.4, 0.5) is 0 Å². The summed E-state index contributed by atoms with van der Waals surface area (Å²) in [6.45, 7) is 0. The van der Waals surface area contributed by atoms with Gasteiger partial charge in [0.1, 0.15) is 0 Å². The van der Waals surface area contributed by atoms with E-state index in [9.17, 15) is 0 Å². The van der Waals surface area contributed by atoms with Crippen LogP contribution in [0.25, 0.3) is 71.6 Å². The van der Waals surface area contributed by atoms with Crippen LogP contribution in [0.5, 0.6) is 0 Å². The smallest absolute Gasteiger partial charge is 0.0547 e. The summed E-state index contributed by atoms with van der Waals surface area (Å²) >= 11 is 0. The molecule has 0 amide bonds. The highest BCUT2D eigenvalue weighted by atomic mass is 15.0. The molecule has 2 heterocycles. The van der Waals surface area contributed by atoms with E-state index < -0.39 is 0 Å². The predicted molar refractivity (Wildman–Crippen MR) is 161 cm³/mol. The molecule has 0 unspecified atom stereocenters. The molecule has 2 nitrogen and oxygen atoms in total. The third kappa shape index (κ3) is 3.21. The Morgan fingerprint density at radius 3 is 1.84 bits per heavy atom. The Hall–Kier alpha value is -5.08. The highest BCUT2D eigenvalue weighted by molar-refractivity contribution is 6.11. The van der Waals surface area contributed by atoms with Gasteiger partial charge in [0.25, 0.3) is 0 Å². The Balaban J connectivity index is 1.30. The summed E-state index contributed by atoms with van der Waals surface area (Å²) in [6.07, 6.45) is 0. The molecule has 0 saturated carbocycles. The zero-order chi connectivity index (χ0) is 25.1. The molecule has 0 saturated heterocycles. The summed E-state index contributed by atoms with van der Waals surface area (Å²) in [6, 6.07) is 50.2. The third-order valence-corrected chi connectivity index (χ3v) is 7.73. The molecular weight excluding hydrogens is 460 g/mol. The summed E-state index contributed by atoms with van der Waals surface area (Å²) in [7, 11) is 0. The van der Waals surface area contributed by atoms with Crippen LogP contribution in [-0.4, -0.2) is 9.55 Å². The van der Waals surface area contributed by atoms with Gasteiger partial charge in [-0.1, -0.05) is 97.1 Å². The first kappa shape index (κ1) is 21.0. The van der Waals surface area contributed by atoms with E-state index in [0.717, 1.165) is 11.0 Å². The lowest BCUT2D eigenvalue weighted by Gasteiger charge is -2.09. The number of H-pyrrole nitrogens is 1. The zero-order valence-electron chi connectivity index (χ0n) is 20.7. The van der Waals surface area contributed by atoms with E-state index in [1.165, 1.54) is 60.5 Å². The molecular formula is C36H24N2. The minimum Gasteiger partial charge on any atom is -0.354 e. The van der Waals surface area contributed by atoms with Crippen molar-refractivity contribution in [2.75, 3.05) is 0 Å². The van der Waals surface area contributed by atoms with Crippen LogP contribution in [0.3, 0.4) is 0 Å². The topological polar surface area (TPSA) is 20.7 Å². The highest BCUT2D eigenvalue weighted by Gasteiger charge is 2.14. The largest absolute Gasteiger partial charge is 0.354 e. The highest BCUT2D eigenvalue weighted by Crippen LogP contribution is 2.36. The molecule has 0 fully saturated rings. The fraction of sp³-hybridized carbons (Fsp3) is 0. The van der Waals surface area contributed by atoms with Gasteiger partial charge in [0.15, 0.2) is 0 Å². The lowest BCUT2D eigenvalue weighted by Crippen LogP contribution is -1.93. The number of nitrogens with one attached hydrogen (secondary N) is 1. The van der Waals surface area contributed by atoms with Crippen LogP contribution in [0.15, 0.2) is 140 Å². The summed E-state index contributed by atoms with van der Waals surface area (Å²) in [4.78, 5) is 3.66. The maximum atomic E-state index is 3.66. The van der Waals surface area contributed by atoms with Crippen LogP contribution in [0, 0.1) is 0 Å². The molecule has 1 N–H and O–H groups in total. The molecule has 2 heteroatoms. The minimum atomic E-state index is 1.16. The molecule has 8 rings (SSSR count). The number of aromatic amines is 1. The van der Waals surface area contributed by atoms with Crippen molar-refractivity contribution < 1.29 is 0 Å². The molecule has 38 heavy (non-hydrogen) atoms. The molecule has 6 aromatic carbocycles. The summed E-state index contributed by atoms with van der Waals surface area (Å²) in [5.74, 6) is 0. The SMILES string of the molecule is c1ccc(-c2ccc3[nH]c4cc(-c5ccc6c7ccccc7n(-c7ccccc7)c6c5)ccc4c3c2)cc1. The van der Waals surface area contributed by atoms with E-state index in [4.69, 9.17) is 0 Å². The van der Waals surface area contributed by atoms with Crippen LogP contribution in [0.1, 0.15) is 0 Å². The van der Waals surface area contributed by atoms with Crippen molar-refractivity contribution in [3.05, 3.63) is 140 Å². The summed E-state index contributed by atoms with van der Waals surface area (Å²) in [5.41, 5.74) is 10.8. The van der Waals surface area contributed by atoms with Crippen LogP contribution < -0.4 is 0 Å². The van der Waals surface area contributed by atoms with Crippen molar-refractivity contribution >= 4 is 43.6 Å². The predicted octanol–water partition coefficient (Wildman–Crippen LogP) is 9.75. The Labute approximate surface area is 220 Å². The fourth-order valence-electron chi connectivity index (χ4n) is 5.90. The van der Waals surface area contributed by atoms with E-state index in [-0.39, 0.29) is 0 Å². The minimum absolute atomic E-state index is 1.16. The van der Waals surface area contributed by atoms with Crippen LogP contribution in [0.2, 0.25) is 0 Å². The zero-order valence-corrected chi connectivity index (χ0v) is 20.7. The normalized spacial score (nSPS) is 11.7. The second kappa shape index (κ2) is 8.22. The van der Waals surface area contributed by atoms with Crippen molar-refractivity contribution in [2.45, 2.75) is 0 Å². The standard InChI is InChI=1S/C36H24N2/c1-3-9-24(10-4-1)25-17-20-33-32(21-25)29-18-15-26(22-34(29)37-33)27-16-19-31-30-13-7-8-14-35(30)38(36(31)23-27)28-11-5-2-6-12-28/h1-23,37H. The first-order valence-electron chi connectivity index (χ1n) is 13.0. The summed E-state index contributed by atoms with van der Waals surface area (Å²) < 4.78 is 2.38. The van der Waals surface area contributed by atoms with Gasteiger partial charge in [-0.05, 0) is 64.7 Å². The lowest BCUT2D eigenvalue weighted by molar-refractivity contribution is 1.18. The summed E-state index contributed by atoms with van der Waals surface area (Å²) in [5, 5.41) is 5.06. The number of hydrogen-bond donors (Lipinski definition) is 1. The van der Waals surface area contributed by atoms with E-state index in [2.05, 4.69) is 149 Å². The molecule has 8 aromatic rings. The maximum absolute atomic E-state index is 3.66. The second-order valence-corrected chi connectivity index (χ2v) is 9.93. The monoisotopic (exact) mass is 484 g/mol. The first-order valence-corrected chi connectivity index (χ1v) is 13.0. The van der Waals surface area contributed by atoms with Crippen molar-refractivity contribution in [3.63, 3.8) is 0 Å². The Bertz CT molecular complexity index is 2110. The number of hydrogen-bond acceptors (Lipinski definition) is 0. The molecule has 0 aliphatic heterocycles. The Morgan fingerprint density at radius 2 is 1.00 bits per heavy atom. The van der Waals surface area contributed by atoms with Crippen LogP contribution >= 0.6 is 0 Å². The number of rotatable bonds is 3. The van der Waals surface area contributed by atoms with Crippen molar-refractivity contribution in [1.82, 2.24) is 9.55 Å². The average molecular weight is 485 g/mol. The number of nitrogens with zero attached hydrogens (tertiary/aromatic N) is 1. The van der Waals surface area contributed by atoms with Crippen molar-refractivity contribution in [3.8, 4) is 27.9 Å². The van der Waals surface area contributed by atoms with Gasteiger partial charge in [0, 0.05) is 38.3 Å². The molecule has 0 radical (unpaired) electrons.